The Hall–Kier alpha value is -1.94. The van der Waals surface area contributed by atoms with Gasteiger partial charge in [-0.3, -0.25) is 0 Å². The molecule has 1 N–H and O–H groups in total. The second-order valence-electron chi connectivity index (χ2n) is 5.00. The van der Waals surface area contributed by atoms with E-state index in [-0.39, 0.29) is 12.6 Å². The lowest BCUT2D eigenvalue weighted by molar-refractivity contribution is 0.274. The van der Waals surface area contributed by atoms with E-state index in [1.165, 1.54) is 0 Å². The summed E-state index contributed by atoms with van der Waals surface area (Å²) < 4.78 is 0. The Morgan fingerprint density at radius 3 is 2.25 bits per heavy atom. The molecule has 0 fully saturated rings. The molecule has 1 heterocycles. The molecule has 20 heavy (non-hydrogen) atoms. The van der Waals surface area contributed by atoms with Gasteiger partial charge in [0.2, 0.25) is 5.95 Å². The molecule has 0 spiro atoms. The molecule has 0 radical (unpaired) electrons. The largest absolute Gasteiger partial charge is 0.396 e. The Labute approximate surface area is 120 Å². The van der Waals surface area contributed by atoms with E-state index < -0.39 is 0 Å². The van der Waals surface area contributed by atoms with Gasteiger partial charge in [-0.1, -0.05) is 30.3 Å². The number of aliphatic hydroxyl groups excluding tert-OH is 1. The van der Waals surface area contributed by atoms with Gasteiger partial charge >= 0.3 is 0 Å². The summed E-state index contributed by atoms with van der Waals surface area (Å²) >= 11 is 0. The minimum Gasteiger partial charge on any atom is -0.396 e. The lowest BCUT2D eigenvalue weighted by Gasteiger charge is -2.28. The predicted molar refractivity (Wildman–Crippen MR) is 80.8 cm³/mol. The van der Waals surface area contributed by atoms with Crippen LogP contribution < -0.4 is 4.90 Å². The first-order chi connectivity index (χ1) is 9.61. The van der Waals surface area contributed by atoms with Crippen LogP contribution in [0.3, 0.4) is 0 Å². The van der Waals surface area contributed by atoms with Crippen LogP contribution in [0, 0.1) is 13.8 Å². The first kappa shape index (κ1) is 14.5. The molecule has 0 aliphatic rings. The maximum Gasteiger partial charge on any atom is 0.226 e. The molecule has 1 aromatic carbocycles. The molecular formula is C16H21N3O. The van der Waals surface area contributed by atoms with Gasteiger partial charge in [0, 0.05) is 25.0 Å². The van der Waals surface area contributed by atoms with Crippen LogP contribution in [0.4, 0.5) is 5.95 Å². The highest BCUT2D eigenvalue weighted by Gasteiger charge is 2.19. The fourth-order valence-corrected chi connectivity index (χ4v) is 2.39. The lowest BCUT2D eigenvalue weighted by atomic mass is 10.0. The molecule has 1 aromatic heterocycles. The van der Waals surface area contributed by atoms with Gasteiger partial charge < -0.3 is 10.0 Å². The standard InChI is InChI=1S/C16H21N3O/c1-12-11-13(2)18-16(17-12)19(3)15(9-10-20)14-7-5-4-6-8-14/h4-8,11,15,20H,9-10H2,1-3H3/t15-/m0/s1. The molecule has 0 saturated heterocycles. The van der Waals surface area contributed by atoms with Gasteiger partial charge in [0.25, 0.3) is 0 Å². The number of aryl methyl sites for hydroxylation is 2. The topological polar surface area (TPSA) is 49.2 Å². The number of hydrogen-bond acceptors (Lipinski definition) is 4. The quantitative estimate of drug-likeness (QED) is 0.908. The molecule has 0 bridgehead atoms. The van der Waals surface area contributed by atoms with E-state index in [0.717, 1.165) is 17.0 Å². The molecular weight excluding hydrogens is 250 g/mol. The van der Waals surface area contributed by atoms with Gasteiger partial charge in [-0.15, -0.1) is 0 Å². The molecule has 0 aliphatic carbocycles. The number of anilines is 1. The van der Waals surface area contributed by atoms with Crippen LogP contribution in [-0.2, 0) is 0 Å². The highest BCUT2D eigenvalue weighted by molar-refractivity contribution is 5.36. The molecule has 0 amide bonds. The summed E-state index contributed by atoms with van der Waals surface area (Å²) in [6, 6.07) is 12.2. The van der Waals surface area contributed by atoms with Crippen LogP contribution in [0.2, 0.25) is 0 Å². The van der Waals surface area contributed by atoms with Crippen molar-refractivity contribution in [1.82, 2.24) is 9.97 Å². The summed E-state index contributed by atoms with van der Waals surface area (Å²) in [6.45, 7) is 4.07. The van der Waals surface area contributed by atoms with Gasteiger partial charge in [-0.2, -0.15) is 0 Å². The zero-order valence-corrected chi connectivity index (χ0v) is 12.2. The molecule has 106 valence electrons. The Morgan fingerprint density at radius 2 is 1.70 bits per heavy atom. The van der Waals surface area contributed by atoms with Crippen molar-refractivity contribution in [1.29, 1.82) is 0 Å². The second-order valence-corrected chi connectivity index (χ2v) is 5.00. The molecule has 2 rings (SSSR count). The highest BCUT2D eigenvalue weighted by atomic mass is 16.3. The first-order valence-electron chi connectivity index (χ1n) is 6.82. The Balaban J connectivity index is 2.33. The summed E-state index contributed by atoms with van der Waals surface area (Å²) in [6.07, 6.45) is 0.650. The molecule has 4 heteroatoms. The highest BCUT2D eigenvalue weighted by Crippen LogP contribution is 2.26. The van der Waals surface area contributed by atoms with Crippen molar-refractivity contribution in [2.75, 3.05) is 18.6 Å². The summed E-state index contributed by atoms with van der Waals surface area (Å²) in [7, 11) is 1.97. The zero-order chi connectivity index (χ0) is 14.5. The number of nitrogens with zero attached hydrogens (tertiary/aromatic N) is 3. The number of aliphatic hydroxyl groups is 1. The van der Waals surface area contributed by atoms with Crippen molar-refractivity contribution in [2.45, 2.75) is 26.3 Å². The van der Waals surface area contributed by atoms with Crippen LogP contribution in [0.15, 0.2) is 36.4 Å². The number of rotatable bonds is 5. The Bertz CT molecular complexity index is 537. The minimum absolute atomic E-state index is 0.0717. The van der Waals surface area contributed by atoms with Crippen molar-refractivity contribution in [3.05, 3.63) is 53.3 Å². The average Bonchev–Trinajstić information content (AvgIpc) is 2.44. The normalized spacial score (nSPS) is 12.2. The predicted octanol–water partition coefficient (Wildman–Crippen LogP) is 2.65. The summed E-state index contributed by atoms with van der Waals surface area (Å²) in [4.78, 5) is 11.0. The third-order valence-electron chi connectivity index (χ3n) is 3.34. The van der Waals surface area contributed by atoms with E-state index in [1.807, 2.05) is 50.1 Å². The number of aromatic nitrogens is 2. The SMILES string of the molecule is Cc1cc(C)nc(N(C)[C@@H](CCO)c2ccccc2)n1. The van der Waals surface area contributed by atoms with Crippen LogP contribution >= 0.6 is 0 Å². The van der Waals surface area contributed by atoms with Crippen molar-refractivity contribution >= 4 is 5.95 Å². The van der Waals surface area contributed by atoms with E-state index in [2.05, 4.69) is 22.1 Å². The maximum absolute atomic E-state index is 9.34. The molecule has 0 aliphatic heterocycles. The molecule has 2 aromatic rings. The maximum atomic E-state index is 9.34. The Morgan fingerprint density at radius 1 is 1.10 bits per heavy atom. The third kappa shape index (κ3) is 3.33. The van der Waals surface area contributed by atoms with Crippen LogP contribution in [0.25, 0.3) is 0 Å². The average molecular weight is 271 g/mol. The summed E-state index contributed by atoms with van der Waals surface area (Å²) in [5.41, 5.74) is 3.07. The molecule has 0 saturated carbocycles. The smallest absolute Gasteiger partial charge is 0.226 e. The van der Waals surface area contributed by atoms with Gasteiger partial charge in [-0.05, 0) is 31.9 Å². The molecule has 4 nitrogen and oxygen atoms in total. The zero-order valence-electron chi connectivity index (χ0n) is 12.2. The minimum atomic E-state index is 0.0717. The van der Waals surface area contributed by atoms with Crippen LogP contribution in [0.5, 0.6) is 0 Å². The fourth-order valence-electron chi connectivity index (χ4n) is 2.39. The van der Waals surface area contributed by atoms with Crippen molar-refractivity contribution in [3.63, 3.8) is 0 Å². The van der Waals surface area contributed by atoms with Gasteiger partial charge in [0.15, 0.2) is 0 Å². The summed E-state index contributed by atoms with van der Waals surface area (Å²) in [5.74, 6) is 0.699. The Kier molecular flexibility index (Phi) is 4.69. The van der Waals surface area contributed by atoms with E-state index in [9.17, 15) is 5.11 Å². The van der Waals surface area contributed by atoms with E-state index >= 15 is 0 Å². The number of benzene rings is 1. The van der Waals surface area contributed by atoms with Crippen LogP contribution in [-0.4, -0.2) is 28.7 Å². The van der Waals surface area contributed by atoms with Gasteiger partial charge in [0.05, 0.1) is 6.04 Å². The third-order valence-corrected chi connectivity index (χ3v) is 3.34. The van der Waals surface area contributed by atoms with E-state index in [0.29, 0.717) is 12.4 Å². The molecule has 0 unspecified atom stereocenters. The monoisotopic (exact) mass is 271 g/mol. The summed E-state index contributed by atoms with van der Waals surface area (Å²) in [5, 5.41) is 9.34. The fraction of sp³-hybridized carbons (Fsp3) is 0.375. The first-order valence-corrected chi connectivity index (χ1v) is 6.82. The molecule has 1 atom stereocenters. The van der Waals surface area contributed by atoms with E-state index in [1.54, 1.807) is 0 Å². The number of hydrogen-bond donors (Lipinski definition) is 1. The second kappa shape index (κ2) is 6.48. The van der Waals surface area contributed by atoms with E-state index in [4.69, 9.17) is 0 Å². The van der Waals surface area contributed by atoms with Gasteiger partial charge in [0.1, 0.15) is 0 Å². The van der Waals surface area contributed by atoms with Gasteiger partial charge in [-0.25, -0.2) is 9.97 Å². The van der Waals surface area contributed by atoms with Crippen molar-refractivity contribution in [3.8, 4) is 0 Å². The lowest BCUT2D eigenvalue weighted by Crippen LogP contribution is -2.27. The van der Waals surface area contributed by atoms with Crippen LogP contribution in [0.1, 0.15) is 29.4 Å². The van der Waals surface area contributed by atoms with Crippen molar-refractivity contribution < 1.29 is 5.11 Å². The van der Waals surface area contributed by atoms with Crippen molar-refractivity contribution in [2.24, 2.45) is 0 Å².